The molecule has 0 radical (unpaired) electrons. The normalized spacial score (nSPS) is 26.3. The number of piperidine rings is 3. The minimum atomic E-state index is -0.431. The Kier molecular flexibility index (Phi) is 7.35. The van der Waals surface area contributed by atoms with Gasteiger partial charge in [-0.15, -0.1) is 0 Å². The van der Waals surface area contributed by atoms with E-state index in [1.165, 1.54) is 0 Å². The summed E-state index contributed by atoms with van der Waals surface area (Å²) < 4.78 is 11.0. The van der Waals surface area contributed by atoms with Crippen molar-refractivity contribution in [1.29, 1.82) is 0 Å². The van der Waals surface area contributed by atoms with Gasteiger partial charge in [-0.2, -0.15) is 0 Å². The van der Waals surface area contributed by atoms with E-state index in [2.05, 4.69) is 15.4 Å². The summed E-state index contributed by atoms with van der Waals surface area (Å²) in [6.07, 6.45) is 3.41. The smallest absolute Gasteiger partial charge is 0.290 e. The van der Waals surface area contributed by atoms with Gasteiger partial charge in [0.05, 0.1) is 18.8 Å². The zero-order valence-corrected chi connectivity index (χ0v) is 19.6. The van der Waals surface area contributed by atoms with Crippen LogP contribution in [0.1, 0.15) is 48.7 Å². The average molecular weight is 473 g/mol. The standard InChI is InChI=1S/C23H30N4O4.CH2O2/c1-14-8-19(31-25-14)10-24-23(29)22-17-9-16(20-4-3-5-21(28)27(20)22)11-26(12-17)13-18-7-6-15(2)30-18;2-1-3/h6-8,16-17,20,22H,3-5,9-13H2,1-2H3,(H,24,29);1H,(H,2,3)/t16-,17+,20+,22-;/m1./s1. The number of carbonyl (C=O) groups is 3. The number of aromatic nitrogens is 1. The number of carboxylic acid groups (broad SMARTS) is 1. The first-order valence-electron chi connectivity index (χ1n) is 11.8. The summed E-state index contributed by atoms with van der Waals surface area (Å²) in [6.45, 7) is 6.31. The number of aryl methyl sites for hydroxylation is 2. The van der Waals surface area contributed by atoms with Gasteiger partial charge in [0.1, 0.15) is 17.6 Å². The fraction of sp³-hybridized carbons (Fsp3) is 0.583. The first-order valence-corrected chi connectivity index (χ1v) is 11.8. The zero-order valence-electron chi connectivity index (χ0n) is 19.6. The molecule has 3 aliphatic rings. The van der Waals surface area contributed by atoms with E-state index in [1.807, 2.05) is 36.9 Å². The van der Waals surface area contributed by atoms with Gasteiger partial charge in [-0.25, -0.2) is 0 Å². The molecular weight excluding hydrogens is 440 g/mol. The monoisotopic (exact) mass is 472 g/mol. The van der Waals surface area contributed by atoms with Crippen LogP contribution in [0.15, 0.2) is 27.1 Å². The molecule has 0 spiro atoms. The molecule has 5 rings (SSSR count). The highest BCUT2D eigenvalue weighted by Gasteiger charge is 2.51. The van der Waals surface area contributed by atoms with Gasteiger partial charge in [0.15, 0.2) is 5.76 Å². The van der Waals surface area contributed by atoms with Crippen molar-refractivity contribution in [3.8, 4) is 0 Å². The van der Waals surface area contributed by atoms with Crippen molar-refractivity contribution in [2.45, 2.75) is 64.7 Å². The Labute approximate surface area is 198 Å². The number of hydrogen-bond donors (Lipinski definition) is 2. The van der Waals surface area contributed by atoms with E-state index in [-0.39, 0.29) is 36.8 Å². The second kappa shape index (κ2) is 10.4. The van der Waals surface area contributed by atoms with Crippen molar-refractivity contribution in [1.82, 2.24) is 20.3 Å². The van der Waals surface area contributed by atoms with Crippen LogP contribution in [0.25, 0.3) is 0 Å². The fourth-order valence-electron chi connectivity index (χ4n) is 5.79. The molecule has 3 fully saturated rings. The van der Waals surface area contributed by atoms with Gasteiger partial charge in [-0.1, -0.05) is 5.16 Å². The first kappa shape index (κ1) is 24.0. The number of amides is 2. The summed E-state index contributed by atoms with van der Waals surface area (Å²) in [7, 11) is 0. The molecule has 0 aromatic carbocycles. The number of furan rings is 1. The molecule has 2 aromatic rings. The van der Waals surface area contributed by atoms with Crippen LogP contribution in [0.4, 0.5) is 0 Å². The molecule has 5 heterocycles. The fourth-order valence-corrected chi connectivity index (χ4v) is 5.79. The maximum Gasteiger partial charge on any atom is 0.290 e. The number of nitrogens with zero attached hydrogens (tertiary/aromatic N) is 3. The largest absolute Gasteiger partial charge is 0.483 e. The lowest BCUT2D eigenvalue weighted by atomic mass is 9.71. The molecule has 0 unspecified atom stereocenters. The third kappa shape index (κ3) is 5.16. The number of nitrogens with one attached hydrogen (secondary N) is 1. The minimum Gasteiger partial charge on any atom is -0.483 e. The predicted molar refractivity (Wildman–Crippen MR) is 120 cm³/mol. The molecule has 0 aliphatic carbocycles. The Morgan fingerprint density at radius 1 is 1.26 bits per heavy atom. The number of hydrogen-bond acceptors (Lipinski definition) is 7. The van der Waals surface area contributed by atoms with Gasteiger partial charge >= 0.3 is 0 Å². The molecule has 0 saturated carbocycles. The van der Waals surface area contributed by atoms with E-state index in [0.717, 1.165) is 56.1 Å². The second-order valence-corrected chi connectivity index (χ2v) is 9.43. The van der Waals surface area contributed by atoms with Crippen molar-refractivity contribution in [3.63, 3.8) is 0 Å². The summed E-state index contributed by atoms with van der Waals surface area (Å²) in [4.78, 5) is 38.9. The molecule has 4 atom stereocenters. The van der Waals surface area contributed by atoms with Crippen LogP contribution in [0.3, 0.4) is 0 Å². The van der Waals surface area contributed by atoms with E-state index in [1.54, 1.807) is 0 Å². The molecule has 2 aromatic heterocycles. The number of carbonyl (C=O) groups excluding carboxylic acids is 2. The van der Waals surface area contributed by atoms with Gasteiger partial charge in [0, 0.05) is 37.5 Å². The molecule has 2 N–H and O–H groups in total. The van der Waals surface area contributed by atoms with Crippen molar-refractivity contribution >= 4 is 18.3 Å². The molecular formula is C24H32N4O6. The maximum absolute atomic E-state index is 13.3. The average Bonchev–Trinajstić information content (AvgIpc) is 3.41. The summed E-state index contributed by atoms with van der Waals surface area (Å²) >= 11 is 0. The maximum atomic E-state index is 13.3. The minimum absolute atomic E-state index is 0.0894. The van der Waals surface area contributed by atoms with E-state index in [4.69, 9.17) is 18.8 Å². The third-order valence-corrected chi connectivity index (χ3v) is 6.97. The van der Waals surface area contributed by atoms with Crippen molar-refractivity contribution in [3.05, 3.63) is 41.2 Å². The Hall–Kier alpha value is -3.14. The third-order valence-electron chi connectivity index (χ3n) is 6.97. The van der Waals surface area contributed by atoms with E-state index in [9.17, 15) is 9.59 Å². The zero-order chi connectivity index (χ0) is 24.2. The number of rotatable bonds is 5. The van der Waals surface area contributed by atoms with Gasteiger partial charge < -0.3 is 24.3 Å². The predicted octanol–water partition coefficient (Wildman–Crippen LogP) is 2.10. The van der Waals surface area contributed by atoms with E-state index in [0.29, 0.717) is 18.1 Å². The van der Waals surface area contributed by atoms with Crippen molar-refractivity contribution < 1.29 is 28.4 Å². The number of fused-ring (bicyclic) bond motifs is 4. The molecule has 3 saturated heterocycles. The van der Waals surface area contributed by atoms with Crippen LogP contribution >= 0.6 is 0 Å². The highest BCUT2D eigenvalue weighted by atomic mass is 16.5. The van der Waals surface area contributed by atoms with Gasteiger partial charge in [0.25, 0.3) is 6.47 Å². The van der Waals surface area contributed by atoms with E-state index < -0.39 is 6.04 Å². The summed E-state index contributed by atoms with van der Waals surface area (Å²) in [6, 6.07) is 5.55. The lowest BCUT2D eigenvalue weighted by molar-refractivity contribution is -0.160. The molecule has 34 heavy (non-hydrogen) atoms. The van der Waals surface area contributed by atoms with Crippen molar-refractivity contribution in [2.75, 3.05) is 13.1 Å². The summed E-state index contributed by atoms with van der Waals surface area (Å²) in [5.41, 5.74) is 0.784. The van der Waals surface area contributed by atoms with Crippen LogP contribution in [-0.4, -0.2) is 63.5 Å². The number of likely N-dealkylation sites (tertiary alicyclic amines) is 1. The van der Waals surface area contributed by atoms with Crippen molar-refractivity contribution in [2.24, 2.45) is 11.8 Å². The first-order chi connectivity index (χ1) is 16.4. The highest BCUT2D eigenvalue weighted by Crippen LogP contribution is 2.42. The molecule has 10 nitrogen and oxygen atoms in total. The van der Waals surface area contributed by atoms with E-state index >= 15 is 0 Å². The Bertz CT molecular complexity index is 1020. The molecule has 2 amide bonds. The molecule has 2 bridgehead atoms. The van der Waals surface area contributed by atoms with Crippen LogP contribution in [0.2, 0.25) is 0 Å². The quantitative estimate of drug-likeness (QED) is 0.633. The highest BCUT2D eigenvalue weighted by molar-refractivity contribution is 5.89. The molecule has 10 heteroatoms. The topological polar surface area (TPSA) is 129 Å². The molecule has 3 aliphatic heterocycles. The summed E-state index contributed by atoms with van der Waals surface area (Å²) in [5.74, 6) is 3.04. The van der Waals surface area contributed by atoms with Crippen LogP contribution in [-0.2, 0) is 27.5 Å². The van der Waals surface area contributed by atoms with Crippen LogP contribution in [0, 0.1) is 25.7 Å². The second-order valence-electron chi connectivity index (χ2n) is 9.43. The van der Waals surface area contributed by atoms with Crippen LogP contribution in [0.5, 0.6) is 0 Å². The lowest BCUT2D eigenvalue weighted by Gasteiger charge is -2.55. The van der Waals surface area contributed by atoms with Gasteiger partial charge in [0.2, 0.25) is 11.8 Å². The SMILES string of the molecule is Cc1cc(CNC(=O)[C@H]2[C@H]3C[C@H](CN(Cc4ccc(C)o4)C3)[C@@H]3CCCC(=O)N32)on1.O=CO. The Balaban J connectivity index is 0.000000868. The molecule has 184 valence electrons. The van der Waals surface area contributed by atoms with Crippen LogP contribution < -0.4 is 5.32 Å². The Morgan fingerprint density at radius 3 is 2.71 bits per heavy atom. The lowest BCUT2D eigenvalue weighted by Crippen LogP contribution is -2.68. The Morgan fingerprint density at radius 2 is 2.03 bits per heavy atom. The summed E-state index contributed by atoms with van der Waals surface area (Å²) in [5, 5.41) is 13.8. The van der Waals surface area contributed by atoms with Gasteiger partial charge in [-0.05, 0) is 51.2 Å². The van der Waals surface area contributed by atoms with Gasteiger partial charge in [-0.3, -0.25) is 19.3 Å².